The largest absolute Gasteiger partial charge is 0.325 e. The number of aromatic nitrogens is 3. The van der Waals surface area contributed by atoms with Crippen molar-refractivity contribution in [2.75, 3.05) is 6.54 Å². The van der Waals surface area contributed by atoms with Crippen molar-refractivity contribution < 1.29 is 8.78 Å². The van der Waals surface area contributed by atoms with Crippen LogP contribution in [0.3, 0.4) is 0 Å². The Hall–Kier alpha value is -1.04. The first-order chi connectivity index (χ1) is 6.56. The predicted octanol–water partition coefficient (Wildman–Crippen LogP) is 0.972. The van der Waals surface area contributed by atoms with Gasteiger partial charge in [-0.05, 0) is 19.8 Å². The van der Waals surface area contributed by atoms with Gasteiger partial charge < -0.3 is 10.3 Å². The molecule has 1 aromatic rings. The second-order valence-electron chi connectivity index (χ2n) is 3.58. The van der Waals surface area contributed by atoms with Gasteiger partial charge in [-0.15, -0.1) is 10.2 Å². The van der Waals surface area contributed by atoms with E-state index in [0.717, 1.165) is 12.8 Å². The van der Waals surface area contributed by atoms with Gasteiger partial charge in [-0.1, -0.05) is 0 Å². The molecule has 14 heavy (non-hydrogen) atoms. The highest BCUT2D eigenvalue weighted by molar-refractivity contribution is 5.07. The van der Waals surface area contributed by atoms with Crippen LogP contribution in [-0.4, -0.2) is 21.3 Å². The maximum Gasteiger partial charge on any atom is 0.318 e. The van der Waals surface area contributed by atoms with Crippen LogP contribution in [0.4, 0.5) is 8.78 Å². The van der Waals surface area contributed by atoms with E-state index < -0.39 is 12.5 Å². The molecule has 0 atom stereocenters. The van der Waals surface area contributed by atoms with E-state index in [1.165, 1.54) is 4.57 Å². The summed E-state index contributed by atoms with van der Waals surface area (Å²) in [7, 11) is 0. The molecule has 0 amide bonds. The topological polar surface area (TPSA) is 56.7 Å². The summed E-state index contributed by atoms with van der Waals surface area (Å²) in [5.41, 5.74) is 5.01. The van der Waals surface area contributed by atoms with Gasteiger partial charge in [0, 0.05) is 6.04 Å². The number of alkyl halides is 2. The van der Waals surface area contributed by atoms with Crippen molar-refractivity contribution in [1.29, 1.82) is 0 Å². The van der Waals surface area contributed by atoms with Gasteiger partial charge in [-0.25, -0.2) is 0 Å². The first kappa shape index (κ1) is 9.51. The lowest BCUT2D eigenvalue weighted by Gasteiger charge is -2.14. The fraction of sp³-hybridized carbons (Fsp3) is 0.750. The van der Waals surface area contributed by atoms with Crippen LogP contribution in [0.25, 0.3) is 0 Å². The number of hydrogen-bond acceptors (Lipinski definition) is 3. The van der Waals surface area contributed by atoms with Gasteiger partial charge in [0.05, 0.1) is 6.54 Å². The maximum atomic E-state index is 13.3. The van der Waals surface area contributed by atoms with Crippen molar-refractivity contribution in [3.05, 3.63) is 11.6 Å². The first-order valence-corrected chi connectivity index (χ1v) is 4.56. The number of hydrogen-bond donors (Lipinski definition) is 1. The van der Waals surface area contributed by atoms with Crippen molar-refractivity contribution in [2.45, 2.75) is 31.7 Å². The molecule has 1 heterocycles. The standard InChI is InChI=1S/C8H12F2N4/c1-5-12-13-7(8(9,10)4-11)14(5)6-2-3-6/h6H,2-4,11H2,1H3. The SMILES string of the molecule is Cc1nnc(C(F)(F)CN)n1C1CC1. The predicted molar refractivity (Wildman–Crippen MR) is 46.0 cm³/mol. The molecular weight excluding hydrogens is 190 g/mol. The molecule has 0 aromatic carbocycles. The molecule has 4 nitrogen and oxygen atoms in total. The molecule has 1 aliphatic carbocycles. The molecule has 78 valence electrons. The van der Waals surface area contributed by atoms with Crippen molar-refractivity contribution in [3.63, 3.8) is 0 Å². The van der Waals surface area contributed by atoms with E-state index in [9.17, 15) is 8.78 Å². The van der Waals surface area contributed by atoms with Crippen LogP contribution >= 0.6 is 0 Å². The molecule has 1 aromatic heterocycles. The number of nitrogens with two attached hydrogens (primary N) is 1. The molecule has 0 radical (unpaired) electrons. The Kier molecular flexibility index (Phi) is 2.02. The van der Waals surface area contributed by atoms with Gasteiger partial charge in [0.15, 0.2) is 0 Å². The van der Waals surface area contributed by atoms with Crippen LogP contribution < -0.4 is 5.73 Å². The van der Waals surface area contributed by atoms with Crippen LogP contribution in [0.15, 0.2) is 0 Å². The van der Waals surface area contributed by atoms with E-state index >= 15 is 0 Å². The van der Waals surface area contributed by atoms with E-state index in [2.05, 4.69) is 10.2 Å². The summed E-state index contributed by atoms with van der Waals surface area (Å²) < 4.78 is 28.1. The van der Waals surface area contributed by atoms with Gasteiger partial charge in [-0.2, -0.15) is 8.78 Å². The van der Waals surface area contributed by atoms with E-state index in [0.29, 0.717) is 5.82 Å². The zero-order valence-corrected chi connectivity index (χ0v) is 7.87. The summed E-state index contributed by atoms with van der Waals surface area (Å²) >= 11 is 0. The lowest BCUT2D eigenvalue weighted by Crippen LogP contribution is -2.29. The number of aryl methyl sites for hydroxylation is 1. The Morgan fingerprint density at radius 2 is 2.14 bits per heavy atom. The monoisotopic (exact) mass is 202 g/mol. The van der Waals surface area contributed by atoms with Crippen LogP contribution in [0.2, 0.25) is 0 Å². The van der Waals surface area contributed by atoms with Crippen LogP contribution in [-0.2, 0) is 5.92 Å². The molecule has 0 spiro atoms. The molecule has 1 aliphatic rings. The Morgan fingerprint density at radius 1 is 1.50 bits per heavy atom. The Labute approximate surface area is 80.1 Å². The minimum absolute atomic E-state index is 0.150. The molecule has 0 aliphatic heterocycles. The average molecular weight is 202 g/mol. The molecule has 6 heteroatoms. The second-order valence-corrected chi connectivity index (χ2v) is 3.58. The minimum Gasteiger partial charge on any atom is -0.325 e. The van der Waals surface area contributed by atoms with Crippen LogP contribution in [0.5, 0.6) is 0 Å². The average Bonchev–Trinajstić information content (AvgIpc) is 2.90. The van der Waals surface area contributed by atoms with Gasteiger partial charge in [-0.3, -0.25) is 0 Å². The molecule has 0 unspecified atom stereocenters. The number of nitrogens with zero attached hydrogens (tertiary/aromatic N) is 3. The molecule has 1 saturated carbocycles. The summed E-state index contributed by atoms with van der Waals surface area (Å²) in [5, 5.41) is 7.17. The fourth-order valence-corrected chi connectivity index (χ4v) is 1.48. The number of rotatable bonds is 3. The molecule has 1 fully saturated rings. The highest BCUT2D eigenvalue weighted by Crippen LogP contribution is 2.39. The van der Waals surface area contributed by atoms with Crippen LogP contribution in [0.1, 0.15) is 30.5 Å². The highest BCUT2D eigenvalue weighted by atomic mass is 19.3. The first-order valence-electron chi connectivity index (χ1n) is 4.56. The maximum absolute atomic E-state index is 13.3. The van der Waals surface area contributed by atoms with Crippen molar-refractivity contribution in [1.82, 2.24) is 14.8 Å². The quantitative estimate of drug-likeness (QED) is 0.794. The third-order valence-electron chi connectivity index (χ3n) is 2.36. The molecule has 2 rings (SSSR count). The van der Waals surface area contributed by atoms with Gasteiger partial charge in [0.2, 0.25) is 5.82 Å². The molecule has 0 saturated heterocycles. The second kappa shape index (κ2) is 2.98. The van der Waals surface area contributed by atoms with Gasteiger partial charge in [0.25, 0.3) is 0 Å². The number of halogens is 2. The highest BCUT2D eigenvalue weighted by Gasteiger charge is 2.40. The Balaban J connectivity index is 2.42. The lowest BCUT2D eigenvalue weighted by molar-refractivity contribution is -0.00756. The normalized spacial score (nSPS) is 17.4. The Morgan fingerprint density at radius 3 is 2.64 bits per heavy atom. The summed E-state index contributed by atoms with van der Waals surface area (Å²) in [6.45, 7) is 0.958. The minimum atomic E-state index is -3.07. The lowest BCUT2D eigenvalue weighted by atomic mass is 10.3. The van der Waals surface area contributed by atoms with E-state index in [-0.39, 0.29) is 11.9 Å². The summed E-state index contributed by atoms with van der Waals surface area (Å²) in [6.07, 6.45) is 1.85. The third-order valence-corrected chi connectivity index (χ3v) is 2.36. The van der Waals surface area contributed by atoms with Crippen molar-refractivity contribution in [2.24, 2.45) is 5.73 Å². The summed E-state index contributed by atoms with van der Waals surface area (Å²) in [6, 6.07) is 0.150. The third kappa shape index (κ3) is 1.39. The molecular formula is C8H12F2N4. The van der Waals surface area contributed by atoms with Gasteiger partial charge in [0.1, 0.15) is 5.82 Å². The van der Waals surface area contributed by atoms with Crippen molar-refractivity contribution >= 4 is 0 Å². The molecule has 2 N–H and O–H groups in total. The van der Waals surface area contributed by atoms with Crippen molar-refractivity contribution in [3.8, 4) is 0 Å². The van der Waals surface area contributed by atoms with E-state index in [1.807, 2.05) is 0 Å². The summed E-state index contributed by atoms with van der Waals surface area (Å²) in [5.74, 6) is -2.82. The smallest absolute Gasteiger partial charge is 0.318 e. The van der Waals surface area contributed by atoms with E-state index in [4.69, 9.17) is 5.73 Å². The fourth-order valence-electron chi connectivity index (χ4n) is 1.48. The van der Waals surface area contributed by atoms with E-state index in [1.54, 1.807) is 6.92 Å². The van der Waals surface area contributed by atoms with Gasteiger partial charge >= 0.3 is 5.92 Å². The zero-order chi connectivity index (χ0) is 10.3. The molecule has 0 bridgehead atoms. The zero-order valence-electron chi connectivity index (χ0n) is 7.87. The summed E-state index contributed by atoms with van der Waals surface area (Å²) in [4.78, 5) is 0. The Bertz CT molecular complexity index is 343. The van der Waals surface area contributed by atoms with Crippen LogP contribution in [0, 0.1) is 6.92 Å².